The highest BCUT2D eigenvalue weighted by Crippen LogP contribution is 2.30. The molecule has 2 aliphatic rings. The summed E-state index contributed by atoms with van der Waals surface area (Å²) in [5.74, 6) is 0.180. The molecule has 41 heavy (non-hydrogen) atoms. The second kappa shape index (κ2) is 11.6. The lowest BCUT2D eigenvalue weighted by Gasteiger charge is -2.32. The van der Waals surface area contributed by atoms with Crippen LogP contribution in [0.5, 0.6) is 0 Å². The SMILES string of the molecule is CN1CCN(Cc2ccc(-c3cncc(C(=O)NN(c4nc(C#N)nc5c4ncn5C)C4CCCC4)c3)cc2)CC1. The molecule has 1 saturated carbocycles. The molecule has 2 fully saturated rings. The minimum absolute atomic E-state index is 0.0353. The van der Waals surface area contributed by atoms with Gasteiger partial charge in [0.15, 0.2) is 17.0 Å². The molecule has 1 aliphatic carbocycles. The van der Waals surface area contributed by atoms with E-state index in [1.165, 1.54) is 5.56 Å². The van der Waals surface area contributed by atoms with Crippen LogP contribution in [-0.4, -0.2) is 79.5 Å². The number of amides is 1. The molecule has 4 aromatic rings. The molecular weight excluding hydrogens is 516 g/mol. The van der Waals surface area contributed by atoms with E-state index in [4.69, 9.17) is 0 Å². The number of hydrogen-bond donors (Lipinski definition) is 1. The van der Waals surface area contributed by atoms with Crippen molar-refractivity contribution in [2.45, 2.75) is 38.3 Å². The Balaban J connectivity index is 1.23. The first-order valence-corrected chi connectivity index (χ1v) is 14.1. The molecule has 4 heterocycles. The Hall–Kier alpha value is -4.40. The monoisotopic (exact) mass is 550 g/mol. The van der Waals surface area contributed by atoms with Gasteiger partial charge in [0, 0.05) is 57.7 Å². The number of hydrogen-bond acceptors (Lipinski definition) is 9. The number of benzene rings is 1. The maximum Gasteiger partial charge on any atom is 0.271 e. The van der Waals surface area contributed by atoms with E-state index in [-0.39, 0.29) is 17.8 Å². The molecule has 1 amide bonds. The largest absolute Gasteiger partial charge is 0.318 e. The number of pyridine rings is 1. The van der Waals surface area contributed by atoms with Crippen molar-refractivity contribution >= 4 is 22.9 Å². The summed E-state index contributed by atoms with van der Waals surface area (Å²) in [6.07, 6.45) is 8.91. The van der Waals surface area contributed by atoms with Gasteiger partial charge in [0.25, 0.3) is 5.91 Å². The van der Waals surface area contributed by atoms with Gasteiger partial charge in [-0.2, -0.15) is 15.2 Å². The molecule has 3 aromatic heterocycles. The van der Waals surface area contributed by atoms with Crippen molar-refractivity contribution in [3.63, 3.8) is 0 Å². The normalized spacial score (nSPS) is 16.6. The number of piperazine rings is 1. The number of aromatic nitrogens is 5. The van der Waals surface area contributed by atoms with Crippen LogP contribution < -0.4 is 10.4 Å². The highest BCUT2D eigenvalue weighted by atomic mass is 16.2. The van der Waals surface area contributed by atoms with Crippen LogP contribution in [-0.2, 0) is 13.6 Å². The van der Waals surface area contributed by atoms with Crippen molar-refractivity contribution in [3.05, 3.63) is 66.0 Å². The van der Waals surface area contributed by atoms with Crippen LogP contribution in [0.4, 0.5) is 5.82 Å². The van der Waals surface area contributed by atoms with Gasteiger partial charge in [0.1, 0.15) is 6.07 Å². The van der Waals surface area contributed by atoms with Crippen LogP contribution in [0, 0.1) is 11.3 Å². The van der Waals surface area contributed by atoms with Gasteiger partial charge in [-0.05, 0) is 37.1 Å². The van der Waals surface area contributed by atoms with Crippen molar-refractivity contribution in [1.82, 2.24) is 39.7 Å². The summed E-state index contributed by atoms with van der Waals surface area (Å²) in [5, 5.41) is 11.4. The number of rotatable bonds is 7. The van der Waals surface area contributed by atoms with Gasteiger partial charge in [-0.3, -0.25) is 25.1 Å². The highest BCUT2D eigenvalue weighted by molar-refractivity contribution is 5.97. The lowest BCUT2D eigenvalue weighted by molar-refractivity contribution is 0.0943. The van der Waals surface area contributed by atoms with Gasteiger partial charge in [-0.25, -0.2) is 4.98 Å². The summed E-state index contributed by atoms with van der Waals surface area (Å²) in [5.41, 5.74) is 7.76. The van der Waals surface area contributed by atoms with E-state index in [1.54, 1.807) is 28.3 Å². The summed E-state index contributed by atoms with van der Waals surface area (Å²) in [6.45, 7) is 5.29. The number of imidazole rings is 1. The zero-order valence-electron chi connectivity index (χ0n) is 23.5. The molecule has 11 heteroatoms. The van der Waals surface area contributed by atoms with Crippen LogP contribution >= 0.6 is 0 Å². The third-order valence-electron chi connectivity index (χ3n) is 8.07. The molecule has 0 unspecified atom stereocenters. The Bertz CT molecular complexity index is 1580. The predicted octanol–water partition coefficient (Wildman–Crippen LogP) is 3.14. The first-order valence-electron chi connectivity index (χ1n) is 14.1. The molecule has 1 N–H and O–H groups in total. The molecular formula is C30H34N10O. The van der Waals surface area contributed by atoms with Crippen molar-refractivity contribution in [1.29, 1.82) is 5.26 Å². The van der Waals surface area contributed by atoms with E-state index in [0.29, 0.717) is 22.5 Å². The molecule has 6 rings (SSSR count). The summed E-state index contributed by atoms with van der Waals surface area (Å²) in [6, 6.07) is 12.4. The molecule has 1 saturated heterocycles. The number of aryl methyl sites for hydroxylation is 1. The zero-order valence-corrected chi connectivity index (χ0v) is 23.5. The Labute approximate surface area is 239 Å². The minimum Gasteiger partial charge on any atom is -0.318 e. The fourth-order valence-electron chi connectivity index (χ4n) is 5.65. The van der Waals surface area contributed by atoms with E-state index in [9.17, 15) is 10.1 Å². The van der Waals surface area contributed by atoms with Gasteiger partial charge in [0.05, 0.1) is 17.9 Å². The molecule has 0 spiro atoms. The van der Waals surface area contributed by atoms with Crippen molar-refractivity contribution in [2.24, 2.45) is 7.05 Å². The maximum atomic E-state index is 13.6. The van der Waals surface area contributed by atoms with Crippen LogP contribution in [0.1, 0.15) is 47.4 Å². The van der Waals surface area contributed by atoms with Crippen LogP contribution in [0.3, 0.4) is 0 Å². The van der Waals surface area contributed by atoms with E-state index in [1.807, 2.05) is 19.2 Å². The third kappa shape index (κ3) is 5.75. The number of likely N-dealkylation sites (N-methyl/N-ethyl adjacent to an activating group) is 1. The summed E-state index contributed by atoms with van der Waals surface area (Å²) in [7, 11) is 3.99. The second-order valence-electron chi connectivity index (χ2n) is 11.0. The number of anilines is 1. The number of hydrazine groups is 1. The van der Waals surface area contributed by atoms with Gasteiger partial charge in [-0.15, -0.1) is 0 Å². The van der Waals surface area contributed by atoms with Gasteiger partial charge >= 0.3 is 0 Å². The highest BCUT2D eigenvalue weighted by Gasteiger charge is 2.29. The van der Waals surface area contributed by atoms with Crippen molar-refractivity contribution < 1.29 is 4.79 Å². The van der Waals surface area contributed by atoms with E-state index in [0.717, 1.165) is 69.5 Å². The maximum absolute atomic E-state index is 13.6. The molecule has 1 aromatic carbocycles. The van der Waals surface area contributed by atoms with Crippen LogP contribution in [0.15, 0.2) is 49.1 Å². The number of nitrogens with one attached hydrogen (secondary N) is 1. The Morgan fingerprint density at radius 1 is 1.05 bits per heavy atom. The topological polar surface area (TPSA) is 119 Å². The molecule has 0 atom stereocenters. The average molecular weight is 551 g/mol. The number of carbonyl (C=O) groups is 1. The van der Waals surface area contributed by atoms with Gasteiger partial charge < -0.3 is 9.47 Å². The minimum atomic E-state index is -0.292. The molecule has 210 valence electrons. The standard InChI is InChI=1S/C30H34N10O/c1-37-11-13-39(14-12-37)19-21-7-9-22(10-8-21)23-15-24(18-32-17-23)30(41)36-40(25-5-3-4-6-25)29-27-28(38(2)20-33-27)34-26(16-31)35-29/h7-10,15,17-18,20,25H,3-6,11-14,19H2,1-2H3,(H,36,41). The lowest BCUT2D eigenvalue weighted by atomic mass is 10.0. The predicted molar refractivity (Wildman–Crippen MR) is 156 cm³/mol. The zero-order chi connectivity index (χ0) is 28.3. The van der Waals surface area contributed by atoms with E-state index >= 15 is 0 Å². The fraction of sp³-hybridized carbons (Fsp3) is 0.400. The Morgan fingerprint density at radius 2 is 1.80 bits per heavy atom. The van der Waals surface area contributed by atoms with Crippen molar-refractivity contribution in [3.8, 4) is 17.2 Å². The van der Waals surface area contributed by atoms with Gasteiger partial charge in [0.2, 0.25) is 5.82 Å². The number of carbonyl (C=O) groups excluding carboxylic acids is 1. The number of nitrogens with zero attached hydrogens (tertiary/aromatic N) is 9. The van der Waals surface area contributed by atoms with E-state index in [2.05, 4.69) is 66.5 Å². The summed E-state index contributed by atoms with van der Waals surface area (Å²) < 4.78 is 1.75. The van der Waals surface area contributed by atoms with Crippen molar-refractivity contribution in [2.75, 3.05) is 38.2 Å². The smallest absolute Gasteiger partial charge is 0.271 e. The Kier molecular flexibility index (Phi) is 7.59. The number of nitriles is 1. The second-order valence-corrected chi connectivity index (χ2v) is 11.0. The number of fused-ring (bicyclic) bond motifs is 1. The van der Waals surface area contributed by atoms with E-state index < -0.39 is 0 Å². The molecule has 0 bridgehead atoms. The first kappa shape index (κ1) is 26.8. The summed E-state index contributed by atoms with van der Waals surface area (Å²) in [4.78, 5) is 36.1. The molecule has 11 nitrogen and oxygen atoms in total. The summed E-state index contributed by atoms with van der Waals surface area (Å²) >= 11 is 0. The van der Waals surface area contributed by atoms with Gasteiger partial charge in [-0.1, -0.05) is 37.1 Å². The third-order valence-corrected chi connectivity index (χ3v) is 8.07. The average Bonchev–Trinajstić information content (AvgIpc) is 3.67. The Morgan fingerprint density at radius 3 is 2.54 bits per heavy atom. The fourth-order valence-corrected chi connectivity index (χ4v) is 5.65. The van der Waals surface area contributed by atoms with Crippen LogP contribution in [0.25, 0.3) is 22.3 Å². The first-order chi connectivity index (χ1) is 20.0. The molecule has 0 radical (unpaired) electrons. The quantitative estimate of drug-likeness (QED) is 0.346. The lowest BCUT2D eigenvalue weighted by Crippen LogP contribution is -2.48. The van der Waals surface area contributed by atoms with Crippen LogP contribution in [0.2, 0.25) is 0 Å². The molecule has 1 aliphatic heterocycles.